The van der Waals surface area contributed by atoms with Gasteiger partial charge in [0.1, 0.15) is 12.8 Å². The normalized spacial score (nSPS) is 25.9. The summed E-state index contributed by atoms with van der Waals surface area (Å²) in [5, 5.41) is 0. The highest BCUT2D eigenvalue weighted by atomic mass is 19.1. The molecule has 1 unspecified atom stereocenters. The predicted molar refractivity (Wildman–Crippen MR) is 26.5 cm³/mol. The predicted octanol–water partition coefficient (Wildman–Crippen LogP) is 0.371. The Morgan fingerprint density at radius 2 is 2.50 bits per heavy atom. The molecule has 3 heteroatoms. The Hall–Kier alpha value is -0.150. The third-order valence-electron chi connectivity index (χ3n) is 0.928. The molecule has 1 fully saturated rings. The van der Waals surface area contributed by atoms with Gasteiger partial charge in [0.05, 0.1) is 19.8 Å². The molecule has 0 N–H and O–H groups in total. The van der Waals surface area contributed by atoms with E-state index in [1.54, 1.807) is 0 Å². The van der Waals surface area contributed by atoms with Crippen molar-refractivity contribution in [3.05, 3.63) is 0 Å². The molecule has 2 nitrogen and oxygen atoms in total. The van der Waals surface area contributed by atoms with Crippen LogP contribution in [0.3, 0.4) is 0 Å². The Labute approximate surface area is 47.6 Å². The van der Waals surface area contributed by atoms with Gasteiger partial charge in [-0.25, -0.2) is 4.39 Å². The topological polar surface area (TPSA) is 21.8 Å². The van der Waals surface area contributed by atoms with Gasteiger partial charge in [-0.05, 0) is 0 Å². The molecule has 0 saturated carbocycles. The van der Waals surface area contributed by atoms with E-state index in [-0.39, 0.29) is 12.7 Å². The summed E-state index contributed by atoms with van der Waals surface area (Å²) in [6.45, 7) is 1.16. The molecule has 0 aliphatic carbocycles. The first-order valence-electron chi connectivity index (χ1n) is 2.69. The van der Waals surface area contributed by atoms with Crippen LogP contribution in [0, 0.1) is 0 Å². The smallest absolute Gasteiger partial charge is 0.113 e. The lowest BCUT2D eigenvalue weighted by Gasteiger charge is -1.93. The van der Waals surface area contributed by atoms with Gasteiger partial charge in [-0.2, -0.15) is 0 Å². The summed E-state index contributed by atoms with van der Waals surface area (Å²) < 4.78 is 20.9. The Morgan fingerprint density at radius 1 is 1.75 bits per heavy atom. The van der Waals surface area contributed by atoms with Crippen LogP contribution in [0.2, 0.25) is 0 Å². The summed E-state index contributed by atoms with van der Waals surface area (Å²) in [6.07, 6.45) is 0.265. The van der Waals surface area contributed by atoms with Crippen LogP contribution in [0.5, 0.6) is 0 Å². The summed E-state index contributed by atoms with van der Waals surface area (Å²) in [4.78, 5) is 0. The molecule has 8 heavy (non-hydrogen) atoms. The van der Waals surface area contributed by atoms with Crippen LogP contribution >= 0.6 is 0 Å². The van der Waals surface area contributed by atoms with Crippen molar-refractivity contribution in [2.24, 2.45) is 0 Å². The number of rotatable bonds is 4. The standard InChI is InChI=1S/C5H9FO2/c6-1-2-7-3-5-4-8-5/h5H,1-4H2. The van der Waals surface area contributed by atoms with Crippen molar-refractivity contribution < 1.29 is 13.9 Å². The van der Waals surface area contributed by atoms with E-state index in [2.05, 4.69) is 0 Å². The van der Waals surface area contributed by atoms with Crippen molar-refractivity contribution in [1.29, 1.82) is 0 Å². The maximum Gasteiger partial charge on any atom is 0.113 e. The van der Waals surface area contributed by atoms with E-state index in [1.807, 2.05) is 0 Å². The minimum absolute atomic E-state index is 0.208. The lowest BCUT2D eigenvalue weighted by molar-refractivity contribution is 0.104. The van der Waals surface area contributed by atoms with Gasteiger partial charge >= 0.3 is 0 Å². The molecule has 0 aromatic heterocycles. The van der Waals surface area contributed by atoms with Gasteiger partial charge in [0.15, 0.2) is 0 Å². The first-order valence-corrected chi connectivity index (χ1v) is 2.69. The Balaban J connectivity index is 1.74. The monoisotopic (exact) mass is 120 g/mol. The van der Waals surface area contributed by atoms with Crippen molar-refractivity contribution in [2.45, 2.75) is 6.10 Å². The molecular weight excluding hydrogens is 111 g/mol. The summed E-state index contributed by atoms with van der Waals surface area (Å²) in [5.41, 5.74) is 0. The SMILES string of the molecule is FCCOCC1CO1. The van der Waals surface area contributed by atoms with E-state index in [0.29, 0.717) is 6.61 Å². The highest BCUT2D eigenvalue weighted by Gasteiger charge is 2.21. The van der Waals surface area contributed by atoms with Crippen LogP contribution in [0.1, 0.15) is 0 Å². The number of alkyl halides is 1. The van der Waals surface area contributed by atoms with E-state index < -0.39 is 6.67 Å². The van der Waals surface area contributed by atoms with Gasteiger partial charge in [-0.1, -0.05) is 0 Å². The van der Waals surface area contributed by atoms with E-state index in [0.717, 1.165) is 6.61 Å². The van der Waals surface area contributed by atoms with Crippen LogP contribution < -0.4 is 0 Å². The molecule has 1 saturated heterocycles. The van der Waals surface area contributed by atoms with E-state index in [9.17, 15) is 4.39 Å². The third kappa shape index (κ3) is 2.23. The van der Waals surface area contributed by atoms with Crippen LogP contribution in [-0.2, 0) is 9.47 Å². The Bertz CT molecular complexity index is 63.4. The lowest BCUT2D eigenvalue weighted by atomic mass is 10.5. The van der Waals surface area contributed by atoms with Gasteiger partial charge < -0.3 is 9.47 Å². The molecule has 1 aliphatic heterocycles. The fourth-order valence-corrected chi connectivity index (χ4v) is 0.434. The maximum atomic E-state index is 11.3. The number of epoxide rings is 1. The molecular formula is C5H9FO2. The number of ether oxygens (including phenoxy) is 2. The van der Waals surface area contributed by atoms with Crippen molar-refractivity contribution in [2.75, 3.05) is 26.5 Å². The summed E-state index contributed by atoms with van der Waals surface area (Å²) in [6, 6.07) is 0. The molecule has 0 spiro atoms. The van der Waals surface area contributed by atoms with E-state index in [1.165, 1.54) is 0 Å². The quantitative estimate of drug-likeness (QED) is 0.395. The minimum Gasteiger partial charge on any atom is -0.376 e. The van der Waals surface area contributed by atoms with Gasteiger partial charge in [0, 0.05) is 0 Å². The average molecular weight is 120 g/mol. The second-order valence-electron chi connectivity index (χ2n) is 1.72. The van der Waals surface area contributed by atoms with Crippen LogP contribution in [0.4, 0.5) is 4.39 Å². The average Bonchev–Trinajstić information content (AvgIpc) is 2.51. The molecule has 0 amide bonds. The van der Waals surface area contributed by atoms with Gasteiger partial charge in [0.2, 0.25) is 0 Å². The van der Waals surface area contributed by atoms with Gasteiger partial charge in [-0.15, -0.1) is 0 Å². The van der Waals surface area contributed by atoms with E-state index in [4.69, 9.17) is 9.47 Å². The Kier molecular flexibility index (Phi) is 2.24. The molecule has 48 valence electrons. The fourth-order valence-electron chi connectivity index (χ4n) is 0.434. The second kappa shape index (κ2) is 2.99. The van der Waals surface area contributed by atoms with Crippen molar-refractivity contribution >= 4 is 0 Å². The largest absolute Gasteiger partial charge is 0.376 e. The molecule has 1 atom stereocenters. The van der Waals surface area contributed by atoms with Crippen LogP contribution in [0.25, 0.3) is 0 Å². The Morgan fingerprint density at radius 3 is 3.00 bits per heavy atom. The summed E-state index contributed by atoms with van der Waals surface area (Å²) in [7, 11) is 0. The zero-order valence-corrected chi connectivity index (χ0v) is 4.60. The molecule has 1 aliphatic rings. The molecule has 0 aromatic carbocycles. The van der Waals surface area contributed by atoms with Gasteiger partial charge in [-0.3, -0.25) is 0 Å². The minimum atomic E-state index is -0.396. The maximum absolute atomic E-state index is 11.3. The summed E-state index contributed by atoms with van der Waals surface area (Å²) >= 11 is 0. The molecule has 1 rings (SSSR count). The number of hydrogen-bond acceptors (Lipinski definition) is 2. The molecule has 0 radical (unpaired) electrons. The van der Waals surface area contributed by atoms with E-state index >= 15 is 0 Å². The number of halogens is 1. The van der Waals surface area contributed by atoms with Crippen molar-refractivity contribution in [1.82, 2.24) is 0 Å². The first kappa shape index (κ1) is 5.98. The highest BCUT2D eigenvalue weighted by Crippen LogP contribution is 2.07. The van der Waals surface area contributed by atoms with Crippen molar-refractivity contribution in [3.8, 4) is 0 Å². The molecule has 0 bridgehead atoms. The zero-order valence-electron chi connectivity index (χ0n) is 4.60. The molecule has 1 heterocycles. The van der Waals surface area contributed by atoms with Gasteiger partial charge in [0.25, 0.3) is 0 Å². The molecule has 0 aromatic rings. The zero-order chi connectivity index (χ0) is 5.82. The van der Waals surface area contributed by atoms with Crippen molar-refractivity contribution in [3.63, 3.8) is 0 Å². The fraction of sp³-hybridized carbons (Fsp3) is 1.00. The second-order valence-corrected chi connectivity index (χ2v) is 1.72. The number of hydrogen-bond donors (Lipinski definition) is 0. The highest BCUT2D eigenvalue weighted by molar-refractivity contribution is 4.66. The first-order chi connectivity index (χ1) is 3.93. The van der Waals surface area contributed by atoms with Crippen LogP contribution in [0.15, 0.2) is 0 Å². The third-order valence-corrected chi connectivity index (χ3v) is 0.928. The summed E-state index contributed by atoms with van der Waals surface area (Å²) in [5.74, 6) is 0. The van der Waals surface area contributed by atoms with Crippen LogP contribution in [-0.4, -0.2) is 32.6 Å². The lowest BCUT2D eigenvalue weighted by Crippen LogP contribution is -2.03.